The van der Waals surface area contributed by atoms with Crippen molar-refractivity contribution in [2.75, 3.05) is 6.54 Å². The molecular weight excluding hydrogens is 246 g/mol. The Morgan fingerprint density at radius 1 is 1.25 bits per heavy atom. The Hall–Kier alpha value is -0.830. The van der Waals surface area contributed by atoms with Crippen molar-refractivity contribution in [1.82, 2.24) is 15.1 Å². The van der Waals surface area contributed by atoms with Crippen LogP contribution in [0, 0.1) is 19.3 Å². The summed E-state index contributed by atoms with van der Waals surface area (Å²) in [6.45, 7) is 14.6. The highest BCUT2D eigenvalue weighted by Gasteiger charge is 2.21. The van der Waals surface area contributed by atoms with E-state index < -0.39 is 0 Å². The summed E-state index contributed by atoms with van der Waals surface area (Å²) < 4.78 is 1.98. The number of aryl methyl sites for hydroxylation is 2. The minimum atomic E-state index is 0.369. The van der Waals surface area contributed by atoms with Crippen molar-refractivity contribution in [2.24, 2.45) is 12.5 Å². The summed E-state index contributed by atoms with van der Waals surface area (Å²) in [6, 6.07) is 0.370. The molecule has 1 N–H and O–H groups in total. The van der Waals surface area contributed by atoms with Crippen LogP contribution in [0.2, 0.25) is 0 Å². The van der Waals surface area contributed by atoms with Gasteiger partial charge in [0, 0.05) is 30.9 Å². The highest BCUT2D eigenvalue weighted by molar-refractivity contribution is 5.27. The topological polar surface area (TPSA) is 29.9 Å². The van der Waals surface area contributed by atoms with E-state index in [4.69, 9.17) is 0 Å². The van der Waals surface area contributed by atoms with Gasteiger partial charge in [0.1, 0.15) is 0 Å². The first-order valence-electron chi connectivity index (χ1n) is 8.02. The molecule has 1 aromatic heterocycles. The normalized spacial score (nSPS) is 13.8. The van der Waals surface area contributed by atoms with Crippen LogP contribution >= 0.6 is 0 Å². The minimum absolute atomic E-state index is 0.369. The van der Waals surface area contributed by atoms with Crippen LogP contribution < -0.4 is 5.32 Å². The Morgan fingerprint density at radius 2 is 1.90 bits per heavy atom. The van der Waals surface area contributed by atoms with E-state index in [2.05, 4.69) is 52.0 Å². The summed E-state index contributed by atoms with van der Waals surface area (Å²) in [4.78, 5) is 0. The quantitative estimate of drug-likeness (QED) is 0.719. The summed E-state index contributed by atoms with van der Waals surface area (Å²) in [6.07, 6.45) is 5.28. The minimum Gasteiger partial charge on any atom is -0.310 e. The molecule has 3 heteroatoms. The number of aromatic nitrogens is 2. The zero-order valence-electron chi connectivity index (χ0n) is 14.5. The van der Waals surface area contributed by atoms with Gasteiger partial charge in [-0.15, -0.1) is 0 Å². The van der Waals surface area contributed by atoms with Crippen LogP contribution in [0.1, 0.15) is 76.4 Å². The molecular formula is C17H33N3. The first-order chi connectivity index (χ1) is 9.28. The van der Waals surface area contributed by atoms with Gasteiger partial charge in [0.15, 0.2) is 0 Å². The Labute approximate surface area is 125 Å². The van der Waals surface area contributed by atoms with Gasteiger partial charge in [0.25, 0.3) is 0 Å². The molecule has 1 heterocycles. The molecule has 0 aliphatic carbocycles. The average molecular weight is 279 g/mol. The Bertz CT molecular complexity index is 418. The van der Waals surface area contributed by atoms with Crippen molar-refractivity contribution >= 4 is 0 Å². The van der Waals surface area contributed by atoms with Gasteiger partial charge in [-0.05, 0) is 32.6 Å². The lowest BCUT2D eigenvalue weighted by Gasteiger charge is -2.27. The lowest BCUT2D eigenvalue weighted by Crippen LogP contribution is -2.31. The average Bonchev–Trinajstić information content (AvgIpc) is 2.61. The third kappa shape index (κ3) is 4.62. The standard InChI is InChI=1S/C17H33N3/c1-8-9-10-11-17(5,6)12-18-13(2)16-14(3)19-20(7)15(16)4/h13,18H,8-12H2,1-7H3. The van der Waals surface area contributed by atoms with Crippen molar-refractivity contribution in [3.63, 3.8) is 0 Å². The number of unbranched alkanes of at least 4 members (excludes halogenated alkanes) is 2. The van der Waals surface area contributed by atoms with Crippen LogP contribution in [0.3, 0.4) is 0 Å². The lowest BCUT2D eigenvalue weighted by molar-refractivity contribution is 0.290. The summed E-state index contributed by atoms with van der Waals surface area (Å²) in [7, 11) is 2.02. The molecule has 1 rings (SSSR count). The largest absolute Gasteiger partial charge is 0.310 e. The first-order valence-corrected chi connectivity index (χ1v) is 8.02. The fourth-order valence-electron chi connectivity index (χ4n) is 2.89. The van der Waals surface area contributed by atoms with Gasteiger partial charge in [0.2, 0.25) is 0 Å². The van der Waals surface area contributed by atoms with Crippen LogP contribution in [0.15, 0.2) is 0 Å². The van der Waals surface area contributed by atoms with Gasteiger partial charge >= 0.3 is 0 Å². The number of rotatable bonds is 8. The third-order valence-corrected chi connectivity index (χ3v) is 4.34. The van der Waals surface area contributed by atoms with Gasteiger partial charge in [-0.2, -0.15) is 5.10 Å². The molecule has 0 aliphatic heterocycles. The van der Waals surface area contributed by atoms with E-state index in [0.717, 1.165) is 12.2 Å². The molecule has 3 nitrogen and oxygen atoms in total. The van der Waals surface area contributed by atoms with Gasteiger partial charge < -0.3 is 5.32 Å². The molecule has 20 heavy (non-hydrogen) atoms. The predicted molar refractivity (Wildman–Crippen MR) is 87.0 cm³/mol. The predicted octanol–water partition coefficient (Wildman–Crippen LogP) is 4.29. The number of nitrogens with one attached hydrogen (secondary N) is 1. The second-order valence-corrected chi connectivity index (χ2v) is 6.93. The molecule has 1 atom stereocenters. The van der Waals surface area contributed by atoms with E-state index in [1.54, 1.807) is 0 Å². The maximum Gasteiger partial charge on any atom is 0.0644 e. The number of hydrogen-bond donors (Lipinski definition) is 1. The zero-order chi connectivity index (χ0) is 15.3. The first kappa shape index (κ1) is 17.2. The van der Waals surface area contributed by atoms with Crippen molar-refractivity contribution in [3.8, 4) is 0 Å². The third-order valence-electron chi connectivity index (χ3n) is 4.34. The molecule has 0 aromatic carbocycles. The van der Waals surface area contributed by atoms with Crippen LogP contribution in [-0.2, 0) is 7.05 Å². The fraction of sp³-hybridized carbons (Fsp3) is 0.824. The summed E-state index contributed by atoms with van der Waals surface area (Å²) in [5, 5.41) is 8.22. The van der Waals surface area contributed by atoms with E-state index in [-0.39, 0.29) is 0 Å². The molecule has 0 bridgehead atoms. The van der Waals surface area contributed by atoms with Crippen LogP contribution in [-0.4, -0.2) is 16.3 Å². The van der Waals surface area contributed by atoms with E-state index in [1.165, 1.54) is 36.9 Å². The van der Waals surface area contributed by atoms with Crippen molar-refractivity contribution in [1.29, 1.82) is 0 Å². The van der Waals surface area contributed by atoms with Crippen LogP contribution in [0.4, 0.5) is 0 Å². The highest BCUT2D eigenvalue weighted by atomic mass is 15.3. The Morgan fingerprint density at radius 3 is 2.40 bits per heavy atom. The second kappa shape index (κ2) is 7.26. The summed E-state index contributed by atoms with van der Waals surface area (Å²) in [5.41, 5.74) is 4.14. The summed E-state index contributed by atoms with van der Waals surface area (Å²) >= 11 is 0. The lowest BCUT2D eigenvalue weighted by atomic mass is 9.86. The molecule has 0 spiro atoms. The Balaban J connectivity index is 2.56. The van der Waals surface area contributed by atoms with Crippen LogP contribution in [0.25, 0.3) is 0 Å². The molecule has 0 saturated heterocycles. The zero-order valence-corrected chi connectivity index (χ0v) is 14.5. The van der Waals surface area contributed by atoms with E-state index in [9.17, 15) is 0 Å². The summed E-state index contributed by atoms with van der Waals surface area (Å²) in [5.74, 6) is 0. The second-order valence-electron chi connectivity index (χ2n) is 6.93. The molecule has 1 aromatic rings. The molecule has 0 radical (unpaired) electrons. The van der Waals surface area contributed by atoms with E-state index in [1.807, 2.05) is 11.7 Å². The van der Waals surface area contributed by atoms with E-state index >= 15 is 0 Å². The maximum atomic E-state index is 4.51. The highest BCUT2D eigenvalue weighted by Crippen LogP contribution is 2.26. The van der Waals surface area contributed by atoms with Gasteiger partial charge in [-0.25, -0.2) is 0 Å². The molecule has 0 saturated carbocycles. The molecule has 116 valence electrons. The van der Waals surface area contributed by atoms with Crippen molar-refractivity contribution in [3.05, 3.63) is 17.0 Å². The van der Waals surface area contributed by atoms with Crippen molar-refractivity contribution in [2.45, 2.75) is 73.3 Å². The monoisotopic (exact) mass is 279 g/mol. The molecule has 0 aliphatic rings. The van der Waals surface area contributed by atoms with Gasteiger partial charge in [-0.1, -0.05) is 40.0 Å². The molecule has 0 fully saturated rings. The number of hydrogen-bond acceptors (Lipinski definition) is 2. The number of nitrogens with zero attached hydrogens (tertiary/aromatic N) is 2. The Kier molecular flexibility index (Phi) is 6.25. The fourth-order valence-corrected chi connectivity index (χ4v) is 2.89. The molecule has 1 unspecified atom stereocenters. The van der Waals surface area contributed by atoms with Crippen molar-refractivity contribution < 1.29 is 0 Å². The van der Waals surface area contributed by atoms with E-state index in [0.29, 0.717) is 11.5 Å². The smallest absolute Gasteiger partial charge is 0.0644 e. The SMILES string of the molecule is CCCCCC(C)(C)CNC(C)c1c(C)nn(C)c1C. The van der Waals surface area contributed by atoms with Gasteiger partial charge in [-0.3, -0.25) is 4.68 Å². The van der Waals surface area contributed by atoms with Gasteiger partial charge in [0.05, 0.1) is 5.69 Å². The maximum absolute atomic E-state index is 4.51. The van der Waals surface area contributed by atoms with Crippen LogP contribution in [0.5, 0.6) is 0 Å². The molecule has 0 amide bonds.